The molecule has 2 aromatic heterocycles. The van der Waals surface area contributed by atoms with Gasteiger partial charge >= 0.3 is 0 Å². The lowest BCUT2D eigenvalue weighted by Gasteiger charge is -2.29. The fraction of sp³-hybridized carbons (Fsp3) is 0.391. The lowest BCUT2D eigenvalue weighted by molar-refractivity contribution is -0.121. The number of nitrogens with two attached hydrogens (primary N) is 1. The first-order valence-corrected chi connectivity index (χ1v) is 10.7. The van der Waals surface area contributed by atoms with Gasteiger partial charge in [0, 0.05) is 30.5 Å². The average molecular weight is 406 g/mol. The number of piperidine rings is 1. The van der Waals surface area contributed by atoms with Crippen LogP contribution in [0.1, 0.15) is 31.9 Å². The van der Waals surface area contributed by atoms with Crippen molar-refractivity contribution in [3.8, 4) is 17.0 Å². The molecule has 0 spiro atoms. The highest BCUT2D eigenvalue weighted by Crippen LogP contribution is 2.37. The molecule has 3 aromatic rings. The van der Waals surface area contributed by atoms with Crippen molar-refractivity contribution in [2.24, 2.45) is 0 Å². The zero-order chi connectivity index (χ0) is 20.7. The van der Waals surface area contributed by atoms with Gasteiger partial charge in [0.05, 0.1) is 17.1 Å². The molecule has 1 aromatic carbocycles. The van der Waals surface area contributed by atoms with Crippen LogP contribution in [0.15, 0.2) is 36.5 Å². The molecule has 2 aliphatic rings. The van der Waals surface area contributed by atoms with Gasteiger partial charge in [-0.05, 0) is 63.2 Å². The van der Waals surface area contributed by atoms with Crippen molar-refractivity contribution >= 4 is 22.9 Å². The van der Waals surface area contributed by atoms with Crippen molar-refractivity contribution in [3.63, 3.8) is 0 Å². The number of nitrogens with zero attached hydrogens (tertiary/aromatic N) is 4. The summed E-state index contributed by atoms with van der Waals surface area (Å²) in [5.74, 6) is 0.726. The Morgan fingerprint density at radius 3 is 2.77 bits per heavy atom. The molecule has 5 rings (SSSR count). The van der Waals surface area contributed by atoms with Gasteiger partial charge in [-0.3, -0.25) is 9.69 Å². The Kier molecular flexibility index (Phi) is 4.83. The Morgan fingerprint density at radius 1 is 1.13 bits per heavy atom. The highest BCUT2D eigenvalue weighted by atomic mass is 16.5. The minimum atomic E-state index is -0.0153. The third-order valence-electron chi connectivity index (χ3n) is 6.05. The van der Waals surface area contributed by atoms with Crippen molar-refractivity contribution in [2.75, 3.05) is 36.9 Å². The fourth-order valence-electron chi connectivity index (χ4n) is 4.52. The molecule has 1 fully saturated rings. The molecule has 4 heterocycles. The van der Waals surface area contributed by atoms with Crippen LogP contribution in [0.2, 0.25) is 0 Å². The highest BCUT2D eigenvalue weighted by Gasteiger charge is 2.26. The molecule has 0 aliphatic carbocycles. The molecule has 7 nitrogen and oxygen atoms in total. The molecule has 156 valence electrons. The van der Waals surface area contributed by atoms with Gasteiger partial charge in [0.1, 0.15) is 11.4 Å². The maximum Gasteiger partial charge on any atom is 0.265 e. The van der Waals surface area contributed by atoms with E-state index in [2.05, 4.69) is 9.30 Å². The van der Waals surface area contributed by atoms with E-state index in [0.717, 1.165) is 53.7 Å². The predicted molar refractivity (Wildman–Crippen MR) is 118 cm³/mol. The van der Waals surface area contributed by atoms with E-state index >= 15 is 0 Å². The summed E-state index contributed by atoms with van der Waals surface area (Å²) in [5.41, 5.74) is 11.5. The number of likely N-dealkylation sites (N-methyl/N-ethyl adjacent to an activating group) is 1. The average Bonchev–Trinajstić information content (AvgIpc) is 3.11. The van der Waals surface area contributed by atoms with Gasteiger partial charge in [-0.2, -0.15) is 0 Å². The quantitative estimate of drug-likeness (QED) is 0.721. The van der Waals surface area contributed by atoms with E-state index in [0.29, 0.717) is 12.2 Å². The molecule has 0 radical (unpaired) electrons. The summed E-state index contributed by atoms with van der Waals surface area (Å²) in [6, 6.07) is 9.85. The van der Waals surface area contributed by atoms with Crippen LogP contribution in [0.5, 0.6) is 5.75 Å². The molecular formula is C23H27N5O2. The van der Waals surface area contributed by atoms with E-state index in [1.165, 1.54) is 19.3 Å². The predicted octanol–water partition coefficient (Wildman–Crippen LogP) is 3.31. The molecule has 1 amide bonds. The van der Waals surface area contributed by atoms with E-state index in [9.17, 15) is 4.79 Å². The number of hydrogen-bond donors (Lipinski definition) is 1. The monoisotopic (exact) mass is 405 g/mol. The maximum absolute atomic E-state index is 12.3. The molecule has 0 saturated carbocycles. The Morgan fingerprint density at radius 2 is 1.97 bits per heavy atom. The molecule has 1 saturated heterocycles. The topological polar surface area (TPSA) is 76.1 Å². The minimum absolute atomic E-state index is 0.0153. The van der Waals surface area contributed by atoms with Crippen LogP contribution in [-0.2, 0) is 11.3 Å². The largest absolute Gasteiger partial charge is 0.482 e. The second-order valence-corrected chi connectivity index (χ2v) is 8.04. The van der Waals surface area contributed by atoms with E-state index < -0.39 is 0 Å². The standard InChI is InChI=1S/C23H27N5O2/c1-2-27-18-12-16(6-8-20(18)30-15-22(27)29)23-19(14-26-10-4-3-5-11-26)28-13-17(24)7-9-21(28)25-23/h6-9,12-13H,2-5,10-11,14-15,24H2,1H3. The Balaban J connectivity index is 1.62. The van der Waals surface area contributed by atoms with Gasteiger partial charge in [-0.15, -0.1) is 0 Å². The number of carbonyl (C=O) groups excluding carboxylic acids is 1. The summed E-state index contributed by atoms with van der Waals surface area (Å²) < 4.78 is 7.75. The molecule has 7 heteroatoms. The number of likely N-dealkylation sites (tertiary alicyclic amines) is 1. The van der Waals surface area contributed by atoms with Crippen LogP contribution in [0, 0.1) is 0 Å². The summed E-state index contributed by atoms with van der Waals surface area (Å²) in [6.45, 7) is 5.71. The Labute approximate surface area is 176 Å². The molecule has 2 aliphatic heterocycles. The van der Waals surface area contributed by atoms with Crippen LogP contribution in [0.25, 0.3) is 16.9 Å². The molecule has 0 bridgehead atoms. The number of anilines is 2. The zero-order valence-electron chi connectivity index (χ0n) is 17.3. The van der Waals surface area contributed by atoms with Crippen molar-refractivity contribution in [2.45, 2.75) is 32.7 Å². The van der Waals surface area contributed by atoms with Gasteiger partial charge < -0.3 is 19.8 Å². The number of carbonyl (C=O) groups is 1. The van der Waals surface area contributed by atoms with Gasteiger partial charge in [0.15, 0.2) is 6.61 Å². The summed E-state index contributed by atoms with van der Waals surface area (Å²) in [4.78, 5) is 21.5. The van der Waals surface area contributed by atoms with Crippen LogP contribution in [0.3, 0.4) is 0 Å². The summed E-state index contributed by atoms with van der Waals surface area (Å²) in [6.07, 6.45) is 5.72. The number of amides is 1. The van der Waals surface area contributed by atoms with Crippen LogP contribution < -0.4 is 15.4 Å². The number of imidazole rings is 1. The first kappa shape index (κ1) is 18.9. The molecule has 30 heavy (non-hydrogen) atoms. The zero-order valence-corrected chi connectivity index (χ0v) is 17.3. The van der Waals surface area contributed by atoms with Crippen molar-refractivity contribution in [1.29, 1.82) is 0 Å². The Bertz CT molecular complexity index is 1100. The number of aromatic nitrogens is 2. The SMILES string of the molecule is CCN1C(=O)COc2ccc(-c3nc4ccc(N)cn4c3CN3CCCCC3)cc21. The second kappa shape index (κ2) is 7.65. The first-order valence-electron chi connectivity index (χ1n) is 10.7. The third-order valence-corrected chi connectivity index (χ3v) is 6.05. The number of hydrogen-bond acceptors (Lipinski definition) is 5. The second-order valence-electron chi connectivity index (χ2n) is 8.04. The van der Waals surface area contributed by atoms with Gasteiger partial charge in [0.2, 0.25) is 0 Å². The van der Waals surface area contributed by atoms with E-state index in [1.54, 1.807) is 4.90 Å². The molecule has 2 N–H and O–H groups in total. The number of ether oxygens (including phenoxy) is 1. The smallest absolute Gasteiger partial charge is 0.265 e. The molecule has 0 unspecified atom stereocenters. The summed E-state index contributed by atoms with van der Waals surface area (Å²) in [7, 11) is 0. The number of nitrogen functional groups attached to an aromatic ring is 1. The molecule has 0 atom stereocenters. The third kappa shape index (κ3) is 3.29. The van der Waals surface area contributed by atoms with Gasteiger partial charge in [-0.1, -0.05) is 6.42 Å². The van der Waals surface area contributed by atoms with Gasteiger partial charge in [0.25, 0.3) is 5.91 Å². The molecular weight excluding hydrogens is 378 g/mol. The highest BCUT2D eigenvalue weighted by molar-refractivity contribution is 5.98. The summed E-state index contributed by atoms with van der Waals surface area (Å²) in [5, 5.41) is 0. The summed E-state index contributed by atoms with van der Waals surface area (Å²) >= 11 is 0. The van der Waals surface area contributed by atoms with E-state index in [-0.39, 0.29) is 12.5 Å². The lowest BCUT2D eigenvalue weighted by atomic mass is 10.1. The number of benzene rings is 1. The fourth-order valence-corrected chi connectivity index (χ4v) is 4.52. The van der Waals surface area contributed by atoms with E-state index in [4.69, 9.17) is 15.5 Å². The maximum atomic E-state index is 12.3. The number of pyridine rings is 1. The normalized spacial score (nSPS) is 17.2. The minimum Gasteiger partial charge on any atom is -0.482 e. The lowest BCUT2D eigenvalue weighted by Crippen LogP contribution is -2.38. The van der Waals surface area contributed by atoms with E-state index in [1.807, 2.05) is 43.5 Å². The Hall–Kier alpha value is -3.06. The first-order chi connectivity index (χ1) is 14.6. The van der Waals surface area contributed by atoms with Crippen molar-refractivity contribution in [3.05, 3.63) is 42.2 Å². The number of rotatable bonds is 4. The van der Waals surface area contributed by atoms with Gasteiger partial charge in [-0.25, -0.2) is 4.98 Å². The number of fused-ring (bicyclic) bond motifs is 2. The van der Waals surface area contributed by atoms with Crippen LogP contribution >= 0.6 is 0 Å². The van der Waals surface area contributed by atoms with Crippen LogP contribution in [0.4, 0.5) is 11.4 Å². The van der Waals surface area contributed by atoms with Crippen molar-refractivity contribution in [1.82, 2.24) is 14.3 Å². The van der Waals surface area contributed by atoms with Crippen LogP contribution in [-0.4, -0.2) is 46.4 Å². The van der Waals surface area contributed by atoms with Crippen molar-refractivity contribution < 1.29 is 9.53 Å².